The molecule has 0 aliphatic carbocycles. The summed E-state index contributed by atoms with van der Waals surface area (Å²) in [5.74, 6) is -0.516. The third-order valence-electron chi connectivity index (χ3n) is 11.5. The molecule has 340 valence electrons. The average molecular weight is 816 g/mol. The van der Waals surface area contributed by atoms with Crippen molar-refractivity contribution in [2.24, 2.45) is 0 Å². The standard InChI is InChI=1S/C52H97NO5/c1-4-7-10-13-16-19-22-24-25-26-28-30-33-36-39-42-45-52(57)58-48(43-40-37-34-31-21-18-15-12-9-6-3)46-51(56)53-49(47-54)50(55)44-41-38-35-32-29-27-23-20-17-14-11-8-5-2/h18,21,25-26,28,30,48-50,54-55H,4-17,19-20,22-24,27,29,31-47H2,1-3H3,(H,53,56)/b21-18-,26-25+,30-28+. The Labute approximate surface area is 360 Å². The van der Waals surface area contributed by atoms with Crippen molar-refractivity contribution in [3.05, 3.63) is 36.5 Å². The minimum absolute atomic E-state index is 0.0578. The Kier molecular flexibility index (Phi) is 44.6. The molecule has 0 aromatic heterocycles. The molecule has 0 fully saturated rings. The molecule has 58 heavy (non-hydrogen) atoms. The number of rotatable bonds is 45. The molecule has 3 atom stereocenters. The first-order valence-electron chi connectivity index (χ1n) is 25.2. The topological polar surface area (TPSA) is 95.9 Å². The summed E-state index contributed by atoms with van der Waals surface area (Å²) in [6.07, 6.45) is 53.5. The minimum atomic E-state index is -0.793. The van der Waals surface area contributed by atoms with E-state index in [4.69, 9.17) is 4.74 Å². The first-order chi connectivity index (χ1) is 28.5. The van der Waals surface area contributed by atoms with E-state index in [9.17, 15) is 19.8 Å². The molecule has 0 aliphatic heterocycles. The van der Waals surface area contributed by atoms with Gasteiger partial charge in [-0.1, -0.05) is 205 Å². The molecule has 0 spiro atoms. The monoisotopic (exact) mass is 816 g/mol. The lowest BCUT2D eigenvalue weighted by molar-refractivity contribution is -0.151. The molecule has 1 amide bonds. The van der Waals surface area contributed by atoms with Gasteiger partial charge in [-0.05, 0) is 77.0 Å². The van der Waals surface area contributed by atoms with E-state index in [1.54, 1.807) is 0 Å². The van der Waals surface area contributed by atoms with Crippen LogP contribution in [-0.4, -0.2) is 46.9 Å². The van der Waals surface area contributed by atoms with Gasteiger partial charge in [-0.15, -0.1) is 0 Å². The van der Waals surface area contributed by atoms with Gasteiger partial charge >= 0.3 is 5.97 Å². The molecule has 0 aliphatic rings. The van der Waals surface area contributed by atoms with Gasteiger partial charge in [0.2, 0.25) is 5.91 Å². The summed E-state index contributed by atoms with van der Waals surface area (Å²) in [5, 5.41) is 23.7. The maximum Gasteiger partial charge on any atom is 0.306 e. The van der Waals surface area contributed by atoms with Gasteiger partial charge in [0.15, 0.2) is 0 Å². The first kappa shape index (κ1) is 56.1. The van der Waals surface area contributed by atoms with Crippen molar-refractivity contribution >= 4 is 11.9 Å². The van der Waals surface area contributed by atoms with E-state index in [2.05, 4.69) is 62.5 Å². The molecule has 0 bridgehead atoms. The summed E-state index contributed by atoms with van der Waals surface area (Å²) in [6.45, 7) is 6.44. The Morgan fingerprint density at radius 3 is 1.38 bits per heavy atom. The van der Waals surface area contributed by atoms with Crippen LogP contribution in [0.2, 0.25) is 0 Å². The Hall–Kier alpha value is -1.92. The molecule has 0 aromatic carbocycles. The van der Waals surface area contributed by atoms with Gasteiger partial charge in [-0.25, -0.2) is 0 Å². The number of hydrogen-bond acceptors (Lipinski definition) is 5. The first-order valence-corrected chi connectivity index (χ1v) is 25.2. The molecule has 6 heteroatoms. The van der Waals surface area contributed by atoms with Crippen LogP contribution in [0.15, 0.2) is 36.5 Å². The number of esters is 1. The molecular weight excluding hydrogens is 719 g/mol. The van der Waals surface area contributed by atoms with E-state index in [1.807, 2.05) is 0 Å². The summed E-state index contributed by atoms with van der Waals surface area (Å²) in [5.41, 5.74) is 0. The van der Waals surface area contributed by atoms with E-state index in [0.29, 0.717) is 19.3 Å². The van der Waals surface area contributed by atoms with Crippen molar-refractivity contribution in [2.75, 3.05) is 6.61 Å². The highest BCUT2D eigenvalue weighted by Crippen LogP contribution is 2.17. The molecule has 6 nitrogen and oxygen atoms in total. The van der Waals surface area contributed by atoms with Crippen molar-refractivity contribution in [3.63, 3.8) is 0 Å². The fourth-order valence-corrected chi connectivity index (χ4v) is 7.59. The predicted octanol–water partition coefficient (Wildman–Crippen LogP) is 14.9. The second-order valence-electron chi connectivity index (χ2n) is 17.2. The lowest BCUT2D eigenvalue weighted by Gasteiger charge is -2.24. The van der Waals surface area contributed by atoms with E-state index < -0.39 is 18.2 Å². The summed E-state index contributed by atoms with van der Waals surface area (Å²) in [7, 11) is 0. The molecule has 3 N–H and O–H groups in total. The number of amides is 1. The lowest BCUT2D eigenvalue weighted by atomic mass is 10.0. The number of carbonyl (C=O) groups is 2. The van der Waals surface area contributed by atoms with Gasteiger partial charge in [0.1, 0.15) is 6.10 Å². The summed E-state index contributed by atoms with van der Waals surface area (Å²) in [4.78, 5) is 26.0. The van der Waals surface area contributed by atoms with Gasteiger partial charge in [0.25, 0.3) is 0 Å². The molecule has 0 rings (SSSR count). The number of allylic oxidation sites excluding steroid dienone is 6. The highest BCUT2D eigenvalue weighted by atomic mass is 16.5. The normalized spacial score (nSPS) is 13.5. The van der Waals surface area contributed by atoms with E-state index in [-0.39, 0.29) is 24.9 Å². The Bertz CT molecular complexity index is 961. The van der Waals surface area contributed by atoms with E-state index >= 15 is 0 Å². The van der Waals surface area contributed by atoms with Crippen LogP contribution >= 0.6 is 0 Å². The Morgan fingerprint density at radius 1 is 0.500 bits per heavy atom. The molecule has 0 heterocycles. The third kappa shape index (κ3) is 40.8. The number of hydrogen-bond donors (Lipinski definition) is 3. The number of aliphatic hydroxyl groups is 2. The minimum Gasteiger partial charge on any atom is -0.462 e. The van der Waals surface area contributed by atoms with E-state index in [1.165, 1.54) is 128 Å². The molecular formula is C52H97NO5. The molecule has 0 saturated carbocycles. The highest BCUT2D eigenvalue weighted by molar-refractivity contribution is 5.77. The van der Waals surface area contributed by atoms with Crippen molar-refractivity contribution < 1.29 is 24.5 Å². The quantitative estimate of drug-likeness (QED) is 0.0246. The smallest absolute Gasteiger partial charge is 0.306 e. The van der Waals surface area contributed by atoms with Crippen LogP contribution in [0.5, 0.6) is 0 Å². The number of aliphatic hydroxyl groups excluding tert-OH is 2. The summed E-state index contributed by atoms with van der Waals surface area (Å²) in [6, 6.07) is -0.708. The predicted molar refractivity (Wildman–Crippen MR) is 250 cm³/mol. The van der Waals surface area contributed by atoms with Crippen LogP contribution in [-0.2, 0) is 14.3 Å². The van der Waals surface area contributed by atoms with Crippen LogP contribution in [0, 0.1) is 0 Å². The molecule has 0 saturated heterocycles. The summed E-state index contributed by atoms with van der Waals surface area (Å²) < 4.78 is 5.89. The lowest BCUT2D eigenvalue weighted by Crippen LogP contribution is -2.46. The third-order valence-corrected chi connectivity index (χ3v) is 11.5. The van der Waals surface area contributed by atoms with Gasteiger partial charge in [-0.2, -0.15) is 0 Å². The molecule has 0 aromatic rings. The van der Waals surface area contributed by atoms with Gasteiger partial charge in [-0.3, -0.25) is 9.59 Å². The number of carbonyl (C=O) groups excluding carboxylic acids is 2. The van der Waals surface area contributed by atoms with Gasteiger partial charge < -0.3 is 20.3 Å². The number of nitrogens with one attached hydrogen (secondary N) is 1. The van der Waals surface area contributed by atoms with Crippen molar-refractivity contribution in [3.8, 4) is 0 Å². The van der Waals surface area contributed by atoms with Crippen LogP contribution in [0.1, 0.15) is 258 Å². The Balaban J connectivity index is 4.56. The zero-order chi connectivity index (χ0) is 42.4. The zero-order valence-electron chi connectivity index (χ0n) is 38.7. The SMILES string of the molecule is CCCCC/C=C\CCCCCC(CC(=O)NC(CO)C(O)CCCCCCCCCCCCCCC)OC(=O)CCCCC/C=C/C=C/CCCCCCCCC. The van der Waals surface area contributed by atoms with Gasteiger partial charge in [0, 0.05) is 6.42 Å². The highest BCUT2D eigenvalue weighted by Gasteiger charge is 2.24. The van der Waals surface area contributed by atoms with Gasteiger partial charge in [0.05, 0.1) is 25.2 Å². The summed E-state index contributed by atoms with van der Waals surface area (Å²) >= 11 is 0. The Morgan fingerprint density at radius 2 is 0.879 bits per heavy atom. The van der Waals surface area contributed by atoms with Crippen molar-refractivity contribution in [1.82, 2.24) is 5.32 Å². The maximum atomic E-state index is 13.2. The molecule has 3 unspecified atom stereocenters. The van der Waals surface area contributed by atoms with Crippen molar-refractivity contribution in [1.29, 1.82) is 0 Å². The number of ether oxygens (including phenoxy) is 1. The molecule has 0 radical (unpaired) electrons. The van der Waals surface area contributed by atoms with Crippen LogP contribution in [0.3, 0.4) is 0 Å². The van der Waals surface area contributed by atoms with Crippen LogP contribution in [0.25, 0.3) is 0 Å². The number of unbranched alkanes of at least 4 members (excludes halogenated alkanes) is 28. The average Bonchev–Trinajstić information content (AvgIpc) is 3.22. The fourth-order valence-electron chi connectivity index (χ4n) is 7.59. The van der Waals surface area contributed by atoms with E-state index in [0.717, 1.165) is 83.5 Å². The second kappa shape index (κ2) is 46.2. The van der Waals surface area contributed by atoms with Crippen molar-refractivity contribution in [2.45, 2.75) is 277 Å². The largest absolute Gasteiger partial charge is 0.462 e. The fraction of sp³-hybridized carbons (Fsp3) is 0.846. The second-order valence-corrected chi connectivity index (χ2v) is 17.2. The zero-order valence-corrected chi connectivity index (χ0v) is 38.7. The maximum absolute atomic E-state index is 13.2. The van der Waals surface area contributed by atoms with Crippen LogP contribution < -0.4 is 5.32 Å². The van der Waals surface area contributed by atoms with Crippen LogP contribution in [0.4, 0.5) is 0 Å².